The van der Waals surface area contributed by atoms with Gasteiger partial charge in [0.15, 0.2) is 5.82 Å². The molecule has 0 amide bonds. The molecular weight excluding hydrogens is 560 g/mol. The van der Waals surface area contributed by atoms with Crippen molar-refractivity contribution in [3.05, 3.63) is 58.1 Å². The van der Waals surface area contributed by atoms with Crippen LogP contribution in [0.25, 0.3) is 11.0 Å². The second-order valence-corrected chi connectivity index (χ2v) is 11.5. The summed E-state index contributed by atoms with van der Waals surface area (Å²) in [6, 6.07) is 11.9. The molecule has 2 saturated heterocycles. The fraction of sp³-hybridized carbons (Fsp3) is 0.469. The number of nitrogens with one attached hydrogen (secondary N) is 2. The van der Waals surface area contributed by atoms with Gasteiger partial charge in [0.1, 0.15) is 29.1 Å². The summed E-state index contributed by atoms with van der Waals surface area (Å²) in [4.78, 5) is 39.7. The van der Waals surface area contributed by atoms with Crippen molar-refractivity contribution in [3.63, 3.8) is 0 Å². The zero-order chi connectivity index (χ0) is 31.4. The number of hydrogen-bond acceptors (Lipinski definition) is 11. The van der Waals surface area contributed by atoms with E-state index in [9.17, 15) is 14.9 Å². The number of ether oxygens (including phenoxy) is 2. The number of carbonyl (C=O) groups excluding carboxylic acids is 1. The van der Waals surface area contributed by atoms with Crippen LogP contribution in [0.1, 0.15) is 56.8 Å². The number of pyridine rings is 1. The third-order valence-corrected chi connectivity index (χ3v) is 8.51. The summed E-state index contributed by atoms with van der Waals surface area (Å²) < 4.78 is 12.7. The summed E-state index contributed by atoms with van der Waals surface area (Å²) in [6.07, 6.45) is 8.38. The molecule has 12 heteroatoms. The number of rotatable bonds is 11. The summed E-state index contributed by atoms with van der Waals surface area (Å²) >= 11 is 0. The lowest BCUT2D eigenvalue weighted by Gasteiger charge is -2.47. The van der Waals surface area contributed by atoms with Crippen LogP contribution < -0.4 is 26.2 Å². The molecule has 1 aromatic carbocycles. The number of aryl methyl sites for hydroxylation is 1. The van der Waals surface area contributed by atoms with Gasteiger partial charge < -0.3 is 14.4 Å². The molecule has 4 heterocycles. The van der Waals surface area contributed by atoms with Crippen LogP contribution in [-0.2, 0) is 16.6 Å². The van der Waals surface area contributed by atoms with Gasteiger partial charge in [-0.15, -0.1) is 12.3 Å². The van der Waals surface area contributed by atoms with E-state index in [4.69, 9.17) is 15.9 Å². The van der Waals surface area contributed by atoms with Gasteiger partial charge in [-0.2, -0.15) is 10.2 Å². The number of carbonyl (C=O) groups is 1. The smallest absolute Gasteiger partial charge is 0.349 e. The van der Waals surface area contributed by atoms with Crippen LogP contribution in [0.3, 0.4) is 0 Å². The number of aromatic nitrogens is 3. The molecule has 2 aliphatic heterocycles. The third-order valence-electron chi connectivity index (χ3n) is 8.51. The predicted molar refractivity (Wildman–Crippen MR) is 165 cm³/mol. The Kier molecular flexibility index (Phi) is 9.16. The van der Waals surface area contributed by atoms with Gasteiger partial charge in [-0.1, -0.05) is 12.1 Å². The maximum Gasteiger partial charge on any atom is 0.349 e. The average molecular weight is 599 g/mol. The van der Waals surface area contributed by atoms with Crippen LogP contribution in [0.4, 0.5) is 5.82 Å². The molecule has 2 fully saturated rings. The Bertz CT molecular complexity index is 1650. The van der Waals surface area contributed by atoms with Crippen LogP contribution >= 0.6 is 0 Å². The first-order valence-electron chi connectivity index (χ1n) is 14.8. The van der Waals surface area contributed by atoms with Crippen LogP contribution in [0.5, 0.6) is 5.75 Å². The molecule has 230 valence electrons. The van der Waals surface area contributed by atoms with Crippen LogP contribution in [0.15, 0.2) is 41.2 Å². The number of fused-ring (bicyclic) bond motifs is 1. The standard InChI is InChI=1S/C32H38N8O4/c1-6-7-15-32(36-37-32)16-8-17-44-30(41)28(23-9-12-25(43-5)13-10-23)39-19-22(3)40(20-21(39)2)29-27-26(38(4)31(42)35-29)14-11-24(18-33)34-27/h1,9-14,21-22,28,36-37H,7-8,15-17,19-20H2,2-5H3/t21-,22+,28?/m1/s1. The fourth-order valence-corrected chi connectivity index (χ4v) is 5.90. The molecule has 12 nitrogen and oxygen atoms in total. The van der Waals surface area contributed by atoms with Gasteiger partial charge in [0.05, 0.1) is 24.9 Å². The number of nitrogens with zero attached hydrogens (tertiary/aromatic N) is 6. The van der Waals surface area contributed by atoms with Gasteiger partial charge in [0.2, 0.25) is 0 Å². The van der Waals surface area contributed by atoms with Gasteiger partial charge >= 0.3 is 11.7 Å². The minimum absolute atomic E-state index is 0.127. The highest BCUT2D eigenvalue weighted by molar-refractivity contribution is 5.86. The molecule has 2 aliphatic rings. The van der Waals surface area contributed by atoms with E-state index in [2.05, 4.69) is 37.7 Å². The van der Waals surface area contributed by atoms with E-state index in [0.29, 0.717) is 48.5 Å². The number of terminal acetylenes is 1. The van der Waals surface area contributed by atoms with Gasteiger partial charge in [-0.05, 0) is 62.9 Å². The minimum Gasteiger partial charge on any atom is -0.497 e. The molecule has 44 heavy (non-hydrogen) atoms. The molecule has 0 bridgehead atoms. The van der Waals surface area contributed by atoms with E-state index in [1.807, 2.05) is 43.0 Å². The van der Waals surface area contributed by atoms with Crippen molar-refractivity contribution in [1.82, 2.24) is 30.3 Å². The number of nitriles is 1. The molecular formula is C32H38N8O4. The molecule has 3 atom stereocenters. The second kappa shape index (κ2) is 13.0. The van der Waals surface area contributed by atoms with Gasteiger partial charge in [0, 0.05) is 38.6 Å². The molecule has 1 unspecified atom stereocenters. The van der Waals surface area contributed by atoms with Crippen molar-refractivity contribution in [2.24, 2.45) is 7.05 Å². The molecule has 2 N–H and O–H groups in total. The van der Waals surface area contributed by atoms with Crippen LogP contribution in [-0.4, -0.2) is 70.0 Å². The first-order chi connectivity index (χ1) is 21.2. The van der Waals surface area contributed by atoms with Crippen molar-refractivity contribution in [3.8, 4) is 24.2 Å². The molecule has 2 aromatic heterocycles. The van der Waals surface area contributed by atoms with Crippen molar-refractivity contribution in [2.45, 2.75) is 63.3 Å². The van der Waals surface area contributed by atoms with E-state index in [1.54, 1.807) is 26.3 Å². The van der Waals surface area contributed by atoms with E-state index in [0.717, 1.165) is 18.4 Å². The van der Waals surface area contributed by atoms with Gasteiger partial charge in [-0.25, -0.2) is 25.4 Å². The molecule has 0 saturated carbocycles. The van der Waals surface area contributed by atoms with Crippen molar-refractivity contribution < 1.29 is 14.3 Å². The Labute approximate surface area is 256 Å². The number of hydrazine groups is 1. The largest absolute Gasteiger partial charge is 0.497 e. The zero-order valence-electron chi connectivity index (χ0n) is 25.5. The van der Waals surface area contributed by atoms with E-state index in [-0.39, 0.29) is 36.0 Å². The molecule has 5 rings (SSSR count). The summed E-state index contributed by atoms with van der Waals surface area (Å²) in [5.74, 6) is 3.48. The number of hydrogen-bond donors (Lipinski definition) is 2. The lowest BCUT2D eigenvalue weighted by Crippen LogP contribution is -2.59. The minimum atomic E-state index is -0.648. The quantitative estimate of drug-likeness (QED) is 0.145. The Hall–Kier alpha value is -4.49. The Morgan fingerprint density at radius 1 is 1.14 bits per heavy atom. The maximum absolute atomic E-state index is 13.8. The van der Waals surface area contributed by atoms with E-state index >= 15 is 0 Å². The van der Waals surface area contributed by atoms with E-state index in [1.165, 1.54) is 4.57 Å². The predicted octanol–water partition coefficient (Wildman–Crippen LogP) is 2.39. The topological polar surface area (TPSA) is 157 Å². The first-order valence-corrected chi connectivity index (χ1v) is 14.8. The van der Waals surface area contributed by atoms with Crippen molar-refractivity contribution in [1.29, 1.82) is 5.26 Å². The summed E-state index contributed by atoms with van der Waals surface area (Å²) in [6.45, 7) is 5.32. The van der Waals surface area contributed by atoms with Gasteiger partial charge in [0.25, 0.3) is 0 Å². The average Bonchev–Trinajstić information content (AvgIpc) is 3.81. The van der Waals surface area contributed by atoms with Crippen LogP contribution in [0, 0.1) is 23.7 Å². The van der Waals surface area contributed by atoms with E-state index < -0.39 is 11.7 Å². The SMILES string of the molecule is C#CCCC1(CCCOC(=O)C(c2ccc(OC)cc2)N2C[C@H](C)N(c3nc(=O)n(C)c4ccc(C#N)nc34)C[C@H]2C)NN1. The number of methoxy groups -OCH3 is 1. The third kappa shape index (κ3) is 6.38. The lowest BCUT2D eigenvalue weighted by atomic mass is 9.99. The molecule has 3 aromatic rings. The van der Waals surface area contributed by atoms with Crippen molar-refractivity contribution >= 4 is 22.8 Å². The maximum atomic E-state index is 13.8. The van der Waals surface area contributed by atoms with Gasteiger partial charge in [-0.3, -0.25) is 9.47 Å². The zero-order valence-corrected chi connectivity index (χ0v) is 25.5. The Balaban J connectivity index is 1.37. The first kappa shape index (κ1) is 31.0. The number of anilines is 1. The lowest BCUT2D eigenvalue weighted by molar-refractivity contribution is -0.152. The van der Waals surface area contributed by atoms with Crippen molar-refractivity contribution in [2.75, 3.05) is 31.7 Å². The number of esters is 1. The molecule has 0 spiro atoms. The molecule has 0 radical (unpaired) electrons. The van der Waals surface area contributed by atoms with Crippen LogP contribution in [0.2, 0.25) is 0 Å². The highest BCUT2D eigenvalue weighted by Crippen LogP contribution is 2.33. The second-order valence-electron chi connectivity index (χ2n) is 11.5. The Morgan fingerprint density at radius 3 is 2.55 bits per heavy atom. The fourth-order valence-electron chi connectivity index (χ4n) is 5.90. The number of benzene rings is 1. The summed E-state index contributed by atoms with van der Waals surface area (Å²) in [5, 5.41) is 9.47. The summed E-state index contributed by atoms with van der Waals surface area (Å²) in [7, 11) is 3.24. The number of piperazine rings is 1. The monoisotopic (exact) mass is 598 g/mol. The normalized spacial score (nSPS) is 20.0. The highest BCUT2D eigenvalue weighted by Gasteiger charge is 2.41. The molecule has 0 aliphatic carbocycles. The summed E-state index contributed by atoms with van der Waals surface area (Å²) in [5.41, 5.74) is 7.91. The highest BCUT2D eigenvalue weighted by atomic mass is 16.5. The Morgan fingerprint density at radius 2 is 1.89 bits per heavy atom.